The average Bonchev–Trinajstić information content (AvgIpc) is 2.83. The zero-order valence-corrected chi connectivity index (χ0v) is 14.4. The topological polar surface area (TPSA) is 40.5 Å². The molecule has 2 heteroatoms. The number of rotatable bonds is 0. The Morgan fingerprint density at radius 1 is 1.14 bits per heavy atom. The van der Waals surface area contributed by atoms with Gasteiger partial charge in [-0.25, -0.2) is 0 Å². The van der Waals surface area contributed by atoms with Gasteiger partial charge in [0.1, 0.15) is 6.10 Å². The molecule has 0 aromatic rings. The first-order chi connectivity index (χ1) is 10.4. The maximum atomic E-state index is 10.8. The lowest BCUT2D eigenvalue weighted by Crippen LogP contribution is -2.50. The van der Waals surface area contributed by atoms with E-state index in [4.69, 9.17) is 0 Å². The Kier molecular flexibility index (Phi) is 4.28. The van der Waals surface area contributed by atoms with Crippen LogP contribution in [0.3, 0.4) is 0 Å². The predicted molar refractivity (Wildman–Crippen MR) is 90.4 cm³/mol. The van der Waals surface area contributed by atoms with Crippen LogP contribution < -0.4 is 0 Å². The third kappa shape index (κ3) is 2.39. The second-order valence-electron chi connectivity index (χ2n) is 8.42. The smallest absolute Gasteiger partial charge is 0.102 e. The van der Waals surface area contributed by atoms with E-state index in [1.165, 1.54) is 24.0 Å². The van der Waals surface area contributed by atoms with E-state index in [1.807, 2.05) is 0 Å². The molecule has 2 N–H and O–H groups in total. The van der Waals surface area contributed by atoms with Gasteiger partial charge in [0.25, 0.3) is 0 Å². The van der Waals surface area contributed by atoms with Crippen LogP contribution in [0.15, 0.2) is 23.3 Å². The maximum Gasteiger partial charge on any atom is 0.102 e. The molecule has 0 unspecified atom stereocenters. The van der Waals surface area contributed by atoms with E-state index in [-0.39, 0.29) is 5.41 Å². The van der Waals surface area contributed by atoms with Crippen LogP contribution in [0.2, 0.25) is 0 Å². The molecule has 0 saturated heterocycles. The van der Waals surface area contributed by atoms with Crippen molar-refractivity contribution in [1.82, 2.24) is 0 Å². The van der Waals surface area contributed by atoms with Crippen molar-refractivity contribution in [2.24, 2.45) is 23.2 Å². The number of hydrogen-bond donors (Lipinski definition) is 2. The lowest BCUT2D eigenvalue weighted by atomic mass is 9.61. The largest absolute Gasteiger partial charge is 0.389 e. The molecule has 3 aliphatic carbocycles. The van der Waals surface area contributed by atoms with Gasteiger partial charge in [-0.2, -0.15) is 0 Å². The summed E-state index contributed by atoms with van der Waals surface area (Å²) in [5, 5.41) is 21.6. The molecule has 6 atom stereocenters. The third-order valence-electron chi connectivity index (χ3n) is 7.04. The van der Waals surface area contributed by atoms with Gasteiger partial charge < -0.3 is 10.2 Å². The van der Waals surface area contributed by atoms with E-state index in [0.29, 0.717) is 17.8 Å². The summed E-state index contributed by atoms with van der Waals surface area (Å²) in [5.74, 6) is 1.56. The zero-order valence-electron chi connectivity index (χ0n) is 14.4. The van der Waals surface area contributed by atoms with Gasteiger partial charge in [0.15, 0.2) is 0 Å². The van der Waals surface area contributed by atoms with Gasteiger partial charge in [-0.15, -0.1) is 0 Å². The molecule has 1 fully saturated rings. The van der Waals surface area contributed by atoms with Crippen LogP contribution >= 0.6 is 0 Å². The van der Waals surface area contributed by atoms with E-state index >= 15 is 0 Å². The molecule has 2 bridgehead atoms. The standard InChI is InChI=1S/C20H32O2/c1-12-6-5-7-13(2)15-10-11-20(4)17(15)14(3)16(9-8-12)18(21)19(20)22/h12,15,17-19,21-22H,2,5-11H2,1,3-4H3/t12-,15-,17+,18-,19-,20-/m0/s1. The highest BCUT2D eigenvalue weighted by Crippen LogP contribution is 2.59. The summed E-state index contributed by atoms with van der Waals surface area (Å²) in [5.41, 5.74) is 3.69. The summed E-state index contributed by atoms with van der Waals surface area (Å²) in [6.07, 6.45) is 6.51. The van der Waals surface area contributed by atoms with Crippen LogP contribution in [0.5, 0.6) is 0 Å². The summed E-state index contributed by atoms with van der Waals surface area (Å²) in [7, 11) is 0. The average molecular weight is 304 g/mol. The number of hydrogen-bond acceptors (Lipinski definition) is 2. The highest BCUT2D eigenvalue weighted by Gasteiger charge is 2.56. The minimum Gasteiger partial charge on any atom is -0.389 e. The molecule has 22 heavy (non-hydrogen) atoms. The highest BCUT2D eigenvalue weighted by molar-refractivity contribution is 5.33. The fourth-order valence-electron chi connectivity index (χ4n) is 5.55. The lowest BCUT2D eigenvalue weighted by Gasteiger charge is -2.47. The second kappa shape index (κ2) is 5.79. The van der Waals surface area contributed by atoms with Crippen molar-refractivity contribution in [2.75, 3.05) is 0 Å². The molecule has 3 aliphatic rings. The molecule has 0 spiro atoms. The van der Waals surface area contributed by atoms with Crippen LogP contribution in [0.1, 0.15) is 65.7 Å². The molecule has 3 rings (SSSR count). The summed E-state index contributed by atoms with van der Waals surface area (Å²) >= 11 is 0. The van der Waals surface area contributed by atoms with Crippen molar-refractivity contribution in [1.29, 1.82) is 0 Å². The Hall–Kier alpha value is -0.600. The van der Waals surface area contributed by atoms with E-state index in [9.17, 15) is 10.2 Å². The first kappa shape index (κ1) is 16.3. The second-order valence-corrected chi connectivity index (χ2v) is 8.42. The molecule has 0 aromatic carbocycles. The quantitative estimate of drug-likeness (QED) is 0.658. The van der Waals surface area contributed by atoms with Crippen molar-refractivity contribution in [2.45, 2.75) is 77.9 Å². The summed E-state index contributed by atoms with van der Waals surface area (Å²) < 4.78 is 0. The molecule has 0 radical (unpaired) electrons. The summed E-state index contributed by atoms with van der Waals surface area (Å²) in [4.78, 5) is 0. The minimum atomic E-state index is -0.666. The Morgan fingerprint density at radius 2 is 1.86 bits per heavy atom. The van der Waals surface area contributed by atoms with Crippen LogP contribution in [-0.2, 0) is 0 Å². The molecule has 124 valence electrons. The van der Waals surface area contributed by atoms with Gasteiger partial charge in [-0.1, -0.05) is 38.0 Å². The SMILES string of the molecule is C=C1CCC[C@H](C)CCC2=C(C)[C@@H]3[C@H]1CC[C@]3(C)[C@@H](O)[C@H]2O. The highest BCUT2D eigenvalue weighted by atomic mass is 16.3. The van der Waals surface area contributed by atoms with Crippen LogP contribution in [0, 0.1) is 23.2 Å². The maximum absolute atomic E-state index is 10.8. The molecule has 0 amide bonds. The normalized spacial score (nSPS) is 46.6. The predicted octanol–water partition coefficient (Wildman–Crippen LogP) is 4.23. The summed E-state index contributed by atoms with van der Waals surface area (Å²) in [6.45, 7) is 11.1. The van der Waals surface area contributed by atoms with Gasteiger partial charge in [0, 0.05) is 5.41 Å². The van der Waals surface area contributed by atoms with Crippen LogP contribution in [-0.4, -0.2) is 22.4 Å². The van der Waals surface area contributed by atoms with Crippen molar-refractivity contribution < 1.29 is 10.2 Å². The molecular weight excluding hydrogens is 272 g/mol. The monoisotopic (exact) mass is 304 g/mol. The van der Waals surface area contributed by atoms with Gasteiger partial charge in [-0.3, -0.25) is 0 Å². The van der Waals surface area contributed by atoms with E-state index in [2.05, 4.69) is 27.4 Å². The van der Waals surface area contributed by atoms with Gasteiger partial charge >= 0.3 is 0 Å². The molecule has 0 heterocycles. The van der Waals surface area contributed by atoms with Crippen LogP contribution in [0.25, 0.3) is 0 Å². The molecule has 0 aliphatic heterocycles. The molecular formula is C20H32O2. The Labute approximate surface area is 135 Å². The minimum absolute atomic E-state index is 0.180. The number of aliphatic hydroxyl groups is 2. The van der Waals surface area contributed by atoms with Crippen molar-refractivity contribution in [3.63, 3.8) is 0 Å². The van der Waals surface area contributed by atoms with E-state index < -0.39 is 12.2 Å². The Bertz CT molecular complexity index is 492. The Balaban J connectivity index is 2.05. The lowest BCUT2D eigenvalue weighted by molar-refractivity contribution is -0.0700. The fraction of sp³-hybridized carbons (Fsp3) is 0.800. The van der Waals surface area contributed by atoms with Gasteiger partial charge in [0.05, 0.1) is 6.10 Å². The number of allylic oxidation sites excluding steroid dienone is 2. The number of aliphatic hydroxyl groups excluding tert-OH is 2. The van der Waals surface area contributed by atoms with Crippen LogP contribution in [0.4, 0.5) is 0 Å². The van der Waals surface area contributed by atoms with Gasteiger partial charge in [0.2, 0.25) is 0 Å². The first-order valence-corrected chi connectivity index (χ1v) is 9.09. The first-order valence-electron chi connectivity index (χ1n) is 9.09. The molecule has 2 nitrogen and oxygen atoms in total. The Morgan fingerprint density at radius 3 is 2.59 bits per heavy atom. The van der Waals surface area contributed by atoms with E-state index in [0.717, 1.165) is 37.7 Å². The van der Waals surface area contributed by atoms with Crippen molar-refractivity contribution >= 4 is 0 Å². The van der Waals surface area contributed by atoms with Gasteiger partial charge in [-0.05, 0) is 68.8 Å². The molecule has 0 aromatic heterocycles. The summed E-state index contributed by atoms with van der Waals surface area (Å²) in [6, 6.07) is 0. The zero-order chi connectivity index (χ0) is 16.1. The van der Waals surface area contributed by atoms with Crippen molar-refractivity contribution in [3.8, 4) is 0 Å². The molecule has 1 saturated carbocycles. The van der Waals surface area contributed by atoms with E-state index in [1.54, 1.807) is 0 Å². The van der Waals surface area contributed by atoms with Crippen molar-refractivity contribution in [3.05, 3.63) is 23.3 Å². The third-order valence-corrected chi connectivity index (χ3v) is 7.04. The fourth-order valence-corrected chi connectivity index (χ4v) is 5.55.